The molecule has 0 aliphatic rings. The van der Waals surface area contributed by atoms with Gasteiger partial charge in [0.2, 0.25) is 0 Å². The van der Waals surface area contributed by atoms with Crippen molar-refractivity contribution in [2.75, 3.05) is 6.54 Å². The quantitative estimate of drug-likeness (QED) is 0.282. The van der Waals surface area contributed by atoms with Crippen LogP contribution in [0, 0.1) is 6.92 Å². The summed E-state index contributed by atoms with van der Waals surface area (Å²) in [5.41, 5.74) is 6.28. The van der Waals surface area contributed by atoms with E-state index in [1.807, 2.05) is 12.3 Å². The number of nitrogens with zero attached hydrogens (tertiary/aromatic N) is 2. The Bertz CT molecular complexity index is 296. The number of aromatic nitrogens is 1. The number of nitrogens with two attached hydrogens (primary N) is 1. The highest BCUT2D eigenvalue weighted by molar-refractivity contribution is 7.09. The smallest absolute Gasteiger partial charge is 0.153 e. The molecule has 0 radical (unpaired) electrons. The molecular formula is C7H12N4OS. The number of hydrogen-bond donors (Lipinski definition) is 3. The van der Waals surface area contributed by atoms with Crippen LogP contribution >= 0.6 is 11.3 Å². The van der Waals surface area contributed by atoms with E-state index in [9.17, 15) is 0 Å². The molecule has 6 heteroatoms. The summed E-state index contributed by atoms with van der Waals surface area (Å²) in [4.78, 5) is 4.25. The van der Waals surface area contributed by atoms with Gasteiger partial charge >= 0.3 is 0 Å². The van der Waals surface area contributed by atoms with E-state index in [2.05, 4.69) is 15.5 Å². The van der Waals surface area contributed by atoms with E-state index in [-0.39, 0.29) is 5.84 Å². The molecule has 0 saturated heterocycles. The van der Waals surface area contributed by atoms with Gasteiger partial charge in [-0.05, 0) is 6.92 Å². The van der Waals surface area contributed by atoms with Crippen LogP contribution in [0.5, 0.6) is 0 Å². The highest BCUT2D eigenvalue weighted by Crippen LogP contribution is 2.07. The van der Waals surface area contributed by atoms with Crippen molar-refractivity contribution in [3.8, 4) is 0 Å². The van der Waals surface area contributed by atoms with Crippen molar-refractivity contribution in [1.82, 2.24) is 10.3 Å². The van der Waals surface area contributed by atoms with E-state index < -0.39 is 0 Å². The average molecular weight is 200 g/mol. The summed E-state index contributed by atoms with van der Waals surface area (Å²) in [5, 5.41) is 17.1. The lowest BCUT2D eigenvalue weighted by atomic mass is 10.5. The maximum atomic E-state index is 8.25. The molecule has 13 heavy (non-hydrogen) atoms. The molecule has 1 rings (SSSR count). The summed E-state index contributed by atoms with van der Waals surface area (Å²) >= 11 is 1.59. The molecule has 1 heterocycles. The van der Waals surface area contributed by atoms with Gasteiger partial charge in [-0.15, -0.1) is 11.3 Å². The molecule has 0 aromatic carbocycles. The first-order valence-electron chi connectivity index (χ1n) is 3.80. The van der Waals surface area contributed by atoms with Crippen molar-refractivity contribution in [2.45, 2.75) is 13.5 Å². The van der Waals surface area contributed by atoms with Crippen molar-refractivity contribution in [2.24, 2.45) is 10.9 Å². The SMILES string of the molecule is Cc1csc(CNCC(N)=NO)n1. The molecule has 4 N–H and O–H groups in total. The first-order valence-corrected chi connectivity index (χ1v) is 4.68. The molecule has 0 spiro atoms. The van der Waals surface area contributed by atoms with Crippen LogP contribution in [0.15, 0.2) is 10.5 Å². The van der Waals surface area contributed by atoms with Crippen molar-refractivity contribution < 1.29 is 5.21 Å². The summed E-state index contributed by atoms with van der Waals surface area (Å²) in [5.74, 6) is 0.174. The lowest BCUT2D eigenvalue weighted by Crippen LogP contribution is -2.28. The Kier molecular flexibility index (Phi) is 3.66. The summed E-state index contributed by atoms with van der Waals surface area (Å²) in [6, 6.07) is 0. The fourth-order valence-electron chi connectivity index (χ4n) is 0.817. The van der Waals surface area contributed by atoms with E-state index in [1.165, 1.54) is 0 Å². The van der Waals surface area contributed by atoms with Gasteiger partial charge in [-0.2, -0.15) is 0 Å². The molecule has 1 aromatic heterocycles. The second kappa shape index (κ2) is 4.78. The van der Waals surface area contributed by atoms with Gasteiger partial charge in [0.1, 0.15) is 5.01 Å². The summed E-state index contributed by atoms with van der Waals surface area (Å²) < 4.78 is 0. The van der Waals surface area contributed by atoms with Gasteiger partial charge in [-0.25, -0.2) is 4.98 Å². The third-order valence-electron chi connectivity index (χ3n) is 1.38. The predicted octanol–water partition coefficient (Wildman–Crippen LogP) is 0.288. The summed E-state index contributed by atoms with van der Waals surface area (Å²) in [7, 11) is 0. The van der Waals surface area contributed by atoms with E-state index >= 15 is 0 Å². The Labute approximate surface area is 80.3 Å². The van der Waals surface area contributed by atoms with Crippen LogP contribution in [0.2, 0.25) is 0 Å². The molecule has 0 fully saturated rings. The summed E-state index contributed by atoms with van der Waals surface area (Å²) in [6.45, 7) is 2.97. The minimum atomic E-state index is 0.174. The average Bonchev–Trinajstić information content (AvgIpc) is 2.51. The maximum Gasteiger partial charge on any atom is 0.153 e. The third kappa shape index (κ3) is 3.39. The molecule has 0 atom stereocenters. The van der Waals surface area contributed by atoms with E-state index in [4.69, 9.17) is 10.9 Å². The lowest BCUT2D eigenvalue weighted by molar-refractivity contribution is 0.317. The van der Waals surface area contributed by atoms with Crippen LogP contribution in [-0.4, -0.2) is 22.6 Å². The minimum absolute atomic E-state index is 0.174. The second-order valence-corrected chi connectivity index (χ2v) is 3.52. The monoisotopic (exact) mass is 200 g/mol. The largest absolute Gasteiger partial charge is 0.409 e. The zero-order valence-electron chi connectivity index (χ0n) is 7.32. The van der Waals surface area contributed by atoms with E-state index in [1.54, 1.807) is 11.3 Å². The molecule has 0 unspecified atom stereocenters. The number of nitrogens with one attached hydrogen (secondary N) is 1. The van der Waals surface area contributed by atoms with Gasteiger partial charge in [-0.1, -0.05) is 5.16 Å². The Balaban J connectivity index is 2.28. The molecule has 0 bridgehead atoms. The number of amidine groups is 1. The van der Waals surface area contributed by atoms with E-state index in [0.717, 1.165) is 10.7 Å². The van der Waals surface area contributed by atoms with Gasteiger partial charge in [-0.3, -0.25) is 0 Å². The Morgan fingerprint density at radius 1 is 1.85 bits per heavy atom. The van der Waals surface area contributed by atoms with Crippen molar-refractivity contribution in [1.29, 1.82) is 0 Å². The van der Waals surface area contributed by atoms with Crippen LogP contribution in [0.4, 0.5) is 0 Å². The molecule has 1 aromatic rings. The zero-order valence-corrected chi connectivity index (χ0v) is 8.14. The molecule has 0 aliphatic heterocycles. The highest BCUT2D eigenvalue weighted by Gasteiger charge is 1.98. The van der Waals surface area contributed by atoms with E-state index in [0.29, 0.717) is 13.1 Å². The van der Waals surface area contributed by atoms with Crippen LogP contribution in [0.25, 0.3) is 0 Å². The second-order valence-electron chi connectivity index (χ2n) is 2.58. The standard InChI is InChI=1S/C7H12N4OS/c1-5-4-13-7(10-5)3-9-2-6(8)11-12/h4,9,12H,2-3H2,1H3,(H2,8,11). The Morgan fingerprint density at radius 2 is 2.62 bits per heavy atom. The number of hydrogen-bond acceptors (Lipinski definition) is 5. The Morgan fingerprint density at radius 3 is 3.15 bits per heavy atom. The number of thiazole rings is 1. The summed E-state index contributed by atoms with van der Waals surface area (Å²) in [6.07, 6.45) is 0. The molecule has 72 valence electrons. The number of aryl methyl sites for hydroxylation is 1. The third-order valence-corrected chi connectivity index (χ3v) is 2.34. The minimum Gasteiger partial charge on any atom is -0.409 e. The highest BCUT2D eigenvalue weighted by atomic mass is 32.1. The van der Waals surface area contributed by atoms with Crippen LogP contribution < -0.4 is 11.1 Å². The first-order chi connectivity index (χ1) is 6.22. The normalized spacial score (nSPS) is 11.9. The Hall–Kier alpha value is -1.14. The number of oxime groups is 1. The van der Waals surface area contributed by atoms with Gasteiger partial charge in [0.15, 0.2) is 5.84 Å². The van der Waals surface area contributed by atoms with Crippen molar-refractivity contribution in [3.05, 3.63) is 16.1 Å². The van der Waals surface area contributed by atoms with Gasteiger partial charge < -0.3 is 16.3 Å². The van der Waals surface area contributed by atoms with Gasteiger partial charge in [0.25, 0.3) is 0 Å². The molecule has 5 nitrogen and oxygen atoms in total. The van der Waals surface area contributed by atoms with Crippen LogP contribution in [-0.2, 0) is 6.54 Å². The number of rotatable bonds is 4. The predicted molar refractivity (Wildman–Crippen MR) is 52.0 cm³/mol. The fourth-order valence-corrected chi connectivity index (χ4v) is 1.56. The van der Waals surface area contributed by atoms with Crippen molar-refractivity contribution in [3.63, 3.8) is 0 Å². The van der Waals surface area contributed by atoms with Gasteiger partial charge in [0.05, 0.1) is 6.54 Å². The first kappa shape index (κ1) is 9.94. The molecule has 0 saturated carbocycles. The van der Waals surface area contributed by atoms with Crippen LogP contribution in [0.3, 0.4) is 0 Å². The molecule has 0 amide bonds. The zero-order chi connectivity index (χ0) is 9.68. The fraction of sp³-hybridized carbons (Fsp3) is 0.429. The molecule has 0 aliphatic carbocycles. The maximum absolute atomic E-state index is 8.25. The van der Waals surface area contributed by atoms with Crippen LogP contribution in [0.1, 0.15) is 10.7 Å². The molecular weight excluding hydrogens is 188 g/mol. The van der Waals surface area contributed by atoms with Crippen molar-refractivity contribution >= 4 is 17.2 Å². The van der Waals surface area contributed by atoms with Gasteiger partial charge in [0, 0.05) is 17.6 Å². The topological polar surface area (TPSA) is 83.5 Å². The lowest BCUT2D eigenvalue weighted by Gasteiger charge is -1.99.